The molecule has 2 saturated carbocycles. The largest absolute Gasteiger partial charge is 0.427 e. The van der Waals surface area contributed by atoms with Crippen LogP contribution in [-0.2, 0) is 19.1 Å². The SMILES string of the molecule is CCCC=C1OC(=O)C2=CC3CC(CCN=C(N)N)C12C1C2=C(CCC31)C(=CC1(CC)CCCC1)OC2=O. The lowest BCUT2D eigenvalue weighted by atomic mass is 9.43. The van der Waals surface area contributed by atoms with Crippen LogP contribution in [0.4, 0.5) is 0 Å². The molecule has 38 heavy (non-hydrogen) atoms. The molecular weight excluding hydrogens is 478 g/mol. The first-order chi connectivity index (χ1) is 18.3. The maximum absolute atomic E-state index is 13.8. The first kappa shape index (κ1) is 25.4. The molecule has 5 unspecified atom stereocenters. The monoisotopic (exact) mass is 519 g/mol. The molecule has 7 rings (SSSR count). The molecule has 0 radical (unpaired) electrons. The van der Waals surface area contributed by atoms with E-state index in [0.29, 0.717) is 6.54 Å². The molecule has 7 nitrogen and oxygen atoms in total. The van der Waals surface area contributed by atoms with Crippen LogP contribution in [0.1, 0.15) is 84.5 Å². The Kier molecular flexibility index (Phi) is 6.31. The summed E-state index contributed by atoms with van der Waals surface area (Å²) in [4.78, 5) is 31.4. The first-order valence-corrected chi connectivity index (χ1v) is 14.7. The van der Waals surface area contributed by atoms with Crippen molar-refractivity contribution in [2.24, 2.45) is 51.0 Å². The number of cyclic esters (lactones) is 2. The van der Waals surface area contributed by atoms with E-state index in [2.05, 4.69) is 37.1 Å². The molecule has 2 heterocycles. The summed E-state index contributed by atoms with van der Waals surface area (Å²) in [7, 11) is 0. The summed E-state index contributed by atoms with van der Waals surface area (Å²) in [6.07, 6.45) is 17.7. The topological polar surface area (TPSA) is 117 Å². The number of fused-ring (bicyclic) bond motifs is 1. The van der Waals surface area contributed by atoms with Crippen molar-refractivity contribution in [2.45, 2.75) is 84.5 Å². The molecule has 1 spiro atoms. The van der Waals surface area contributed by atoms with Gasteiger partial charge < -0.3 is 20.9 Å². The summed E-state index contributed by atoms with van der Waals surface area (Å²) in [6.45, 7) is 4.86. The Morgan fingerprint density at radius 1 is 1.16 bits per heavy atom. The van der Waals surface area contributed by atoms with Gasteiger partial charge in [-0.3, -0.25) is 4.99 Å². The molecule has 5 aliphatic carbocycles. The van der Waals surface area contributed by atoms with Crippen LogP contribution in [0.2, 0.25) is 0 Å². The van der Waals surface area contributed by atoms with Crippen molar-refractivity contribution in [1.82, 2.24) is 0 Å². The number of hydrogen-bond donors (Lipinski definition) is 2. The highest BCUT2D eigenvalue weighted by atomic mass is 16.5. The van der Waals surface area contributed by atoms with Gasteiger partial charge in [-0.25, -0.2) is 9.59 Å². The zero-order chi connectivity index (χ0) is 26.7. The Bertz CT molecular complexity index is 1200. The second-order valence-electron chi connectivity index (χ2n) is 12.3. The Hall–Kier alpha value is -2.83. The zero-order valence-electron chi connectivity index (χ0n) is 22.8. The van der Waals surface area contributed by atoms with Crippen LogP contribution in [0, 0.1) is 34.5 Å². The average Bonchev–Trinajstić information content (AvgIpc) is 3.58. The van der Waals surface area contributed by atoms with Crippen molar-refractivity contribution < 1.29 is 19.1 Å². The van der Waals surface area contributed by atoms with Gasteiger partial charge in [0.1, 0.15) is 11.5 Å². The average molecular weight is 520 g/mol. The molecule has 5 atom stereocenters. The van der Waals surface area contributed by atoms with Crippen LogP contribution < -0.4 is 11.5 Å². The van der Waals surface area contributed by atoms with Gasteiger partial charge in [-0.15, -0.1) is 0 Å². The molecule has 0 aromatic rings. The number of hydrogen-bond acceptors (Lipinski definition) is 5. The minimum Gasteiger partial charge on any atom is -0.427 e. The van der Waals surface area contributed by atoms with Gasteiger partial charge in [-0.05, 0) is 86.7 Å². The van der Waals surface area contributed by atoms with E-state index in [-0.39, 0.29) is 47.0 Å². The molecule has 3 fully saturated rings. The lowest BCUT2D eigenvalue weighted by Gasteiger charge is -2.58. The number of allylic oxidation sites excluding steroid dienone is 5. The molecule has 2 aliphatic heterocycles. The Morgan fingerprint density at radius 2 is 1.95 bits per heavy atom. The van der Waals surface area contributed by atoms with Crippen LogP contribution in [0.15, 0.2) is 51.5 Å². The van der Waals surface area contributed by atoms with E-state index in [0.717, 1.165) is 86.0 Å². The number of ether oxygens (including phenoxy) is 2. The van der Waals surface area contributed by atoms with Gasteiger partial charge in [0.15, 0.2) is 5.96 Å². The van der Waals surface area contributed by atoms with Crippen LogP contribution in [0.3, 0.4) is 0 Å². The Balaban J connectivity index is 1.50. The fourth-order valence-corrected chi connectivity index (χ4v) is 8.86. The number of nitrogens with zero attached hydrogens (tertiary/aromatic N) is 1. The highest BCUT2D eigenvalue weighted by Crippen LogP contribution is 2.71. The number of carbonyl (C=O) groups is 2. The number of unbranched alkanes of at least 4 members (excludes halogenated alkanes) is 1. The predicted molar refractivity (Wildman–Crippen MR) is 145 cm³/mol. The van der Waals surface area contributed by atoms with Crippen LogP contribution in [0.25, 0.3) is 0 Å². The standard InChI is InChI=1S/C31H41N3O4/c1-3-5-8-24-31-19(11-14-34-29(32)33)15-18(16-22(31)27(35)38-24)20-9-10-21-23(37-28(36)25(21)26(20)31)17-30(4-2)12-6-7-13-30/h8,16-20,26H,3-7,9-15H2,1-2H3,(H4,32,33,34). The molecule has 204 valence electrons. The fourth-order valence-electron chi connectivity index (χ4n) is 8.86. The minimum atomic E-state index is -0.657. The number of carbonyl (C=O) groups excluding carboxylic acids is 2. The van der Waals surface area contributed by atoms with Crippen molar-refractivity contribution >= 4 is 17.9 Å². The maximum Gasteiger partial charge on any atom is 0.340 e. The van der Waals surface area contributed by atoms with Crippen molar-refractivity contribution in [3.63, 3.8) is 0 Å². The van der Waals surface area contributed by atoms with E-state index < -0.39 is 5.41 Å². The zero-order valence-corrected chi connectivity index (χ0v) is 22.8. The van der Waals surface area contributed by atoms with E-state index in [1.54, 1.807) is 0 Å². The Morgan fingerprint density at radius 3 is 2.66 bits per heavy atom. The molecule has 4 N–H and O–H groups in total. The van der Waals surface area contributed by atoms with Gasteiger partial charge in [-0.1, -0.05) is 39.2 Å². The maximum atomic E-state index is 13.8. The lowest BCUT2D eigenvalue weighted by molar-refractivity contribution is -0.135. The van der Waals surface area contributed by atoms with E-state index in [1.165, 1.54) is 12.8 Å². The summed E-state index contributed by atoms with van der Waals surface area (Å²) < 4.78 is 12.2. The third-order valence-corrected chi connectivity index (χ3v) is 10.5. The lowest BCUT2D eigenvalue weighted by Crippen LogP contribution is -2.55. The van der Waals surface area contributed by atoms with Gasteiger partial charge in [0.2, 0.25) is 0 Å². The molecular formula is C31H41N3O4. The van der Waals surface area contributed by atoms with E-state index in [4.69, 9.17) is 20.9 Å². The highest BCUT2D eigenvalue weighted by molar-refractivity contribution is 6.00. The van der Waals surface area contributed by atoms with E-state index in [1.807, 2.05) is 0 Å². The van der Waals surface area contributed by atoms with Gasteiger partial charge in [0.05, 0.1) is 5.41 Å². The number of guanidine groups is 1. The quantitative estimate of drug-likeness (QED) is 0.272. The minimum absolute atomic E-state index is 0.0752. The third-order valence-electron chi connectivity index (χ3n) is 10.5. The van der Waals surface area contributed by atoms with Gasteiger partial charge >= 0.3 is 11.9 Å². The molecule has 0 aromatic heterocycles. The first-order valence-electron chi connectivity index (χ1n) is 14.7. The van der Waals surface area contributed by atoms with Crippen molar-refractivity contribution in [2.75, 3.05) is 6.54 Å². The highest BCUT2D eigenvalue weighted by Gasteiger charge is 2.69. The molecule has 0 amide bonds. The van der Waals surface area contributed by atoms with Crippen LogP contribution >= 0.6 is 0 Å². The third kappa shape index (κ3) is 3.64. The fraction of sp³-hybridized carbons (Fsp3) is 0.645. The summed E-state index contributed by atoms with van der Waals surface area (Å²) in [5.41, 5.74) is 13.4. The second kappa shape index (κ2) is 9.42. The van der Waals surface area contributed by atoms with Crippen molar-refractivity contribution in [1.29, 1.82) is 0 Å². The molecule has 2 bridgehead atoms. The smallest absolute Gasteiger partial charge is 0.340 e. The van der Waals surface area contributed by atoms with Crippen LogP contribution in [0.5, 0.6) is 0 Å². The summed E-state index contributed by atoms with van der Waals surface area (Å²) in [6, 6.07) is 0. The number of nitrogens with two attached hydrogens (primary N) is 2. The number of aliphatic imine (C=N–C) groups is 1. The Labute approximate surface area is 225 Å². The molecule has 7 aliphatic rings. The van der Waals surface area contributed by atoms with Crippen molar-refractivity contribution in [3.05, 3.63) is 46.5 Å². The van der Waals surface area contributed by atoms with Gasteiger partial charge in [0.25, 0.3) is 0 Å². The number of esters is 2. The van der Waals surface area contributed by atoms with Gasteiger partial charge in [0, 0.05) is 29.2 Å². The second-order valence-corrected chi connectivity index (χ2v) is 12.3. The number of rotatable bonds is 7. The predicted octanol–water partition coefficient (Wildman–Crippen LogP) is 5.19. The summed E-state index contributed by atoms with van der Waals surface area (Å²) in [5.74, 6) is 1.62. The van der Waals surface area contributed by atoms with E-state index in [9.17, 15) is 9.59 Å². The van der Waals surface area contributed by atoms with Crippen LogP contribution in [-0.4, -0.2) is 24.4 Å². The van der Waals surface area contributed by atoms with Crippen molar-refractivity contribution in [3.8, 4) is 0 Å². The summed E-state index contributed by atoms with van der Waals surface area (Å²) in [5, 5.41) is 0. The molecule has 1 saturated heterocycles. The normalized spacial score (nSPS) is 36.6. The van der Waals surface area contributed by atoms with E-state index >= 15 is 0 Å². The summed E-state index contributed by atoms with van der Waals surface area (Å²) >= 11 is 0. The van der Waals surface area contributed by atoms with Gasteiger partial charge in [-0.2, -0.15) is 0 Å². The molecule has 7 heteroatoms. The molecule has 0 aromatic carbocycles.